The lowest BCUT2D eigenvalue weighted by Crippen LogP contribution is -2.35. The second-order valence-electron chi connectivity index (χ2n) is 2.62. The molecular weight excluding hydrogens is 156 g/mol. The van der Waals surface area contributed by atoms with Crippen LogP contribution in [-0.2, 0) is 15.2 Å². The van der Waals surface area contributed by atoms with Crippen LogP contribution in [0.5, 0.6) is 0 Å². The number of hydrogen-bond acceptors (Lipinski definition) is 4. The summed E-state index contributed by atoms with van der Waals surface area (Å²) in [4.78, 5) is 0. The van der Waals surface area contributed by atoms with Crippen molar-refractivity contribution in [3.05, 3.63) is 0 Å². The van der Waals surface area contributed by atoms with E-state index >= 15 is 0 Å². The summed E-state index contributed by atoms with van der Waals surface area (Å²) >= 11 is 0. The fourth-order valence-electron chi connectivity index (χ4n) is 0.258. The molecule has 0 aliphatic heterocycles. The molecule has 0 saturated heterocycles. The van der Waals surface area contributed by atoms with Gasteiger partial charge in [-0.05, 0) is 20.8 Å². The van der Waals surface area contributed by atoms with Gasteiger partial charge in [0.15, 0.2) is 0 Å². The maximum absolute atomic E-state index is 9.96. The fourth-order valence-corrected chi connectivity index (χ4v) is 0.774. The van der Waals surface area contributed by atoms with Crippen LogP contribution in [-0.4, -0.2) is 25.2 Å². The molecule has 0 aliphatic carbocycles. The number of thiol groups is 1. The summed E-state index contributed by atoms with van der Waals surface area (Å²) in [6, 6.07) is 0. The van der Waals surface area contributed by atoms with E-state index in [2.05, 4.69) is 4.18 Å². The van der Waals surface area contributed by atoms with Crippen molar-refractivity contribution in [2.24, 2.45) is 0 Å². The van der Waals surface area contributed by atoms with Gasteiger partial charge >= 0.3 is 0 Å². The Kier molecular flexibility index (Phi) is 3.27. The zero-order chi connectivity index (χ0) is 8.36. The van der Waals surface area contributed by atoms with E-state index in [4.69, 9.17) is 5.11 Å². The zero-order valence-electron chi connectivity index (χ0n) is 6.20. The molecule has 0 saturated carbocycles. The van der Waals surface area contributed by atoms with Crippen LogP contribution in [0, 0.1) is 0 Å². The molecule has 1 N–H and O–H groups in total. The summed E-state index contributed by atoms with van der Waals surface area (Å²) in [7, 11) is -2.86. The van der Waals surface area contributed by atoms with Crippen LogP contribution < -0.4 is 0 Å². The first-order valence-electron chi connectivity index (χ1n) is 2.87. The van der Waals surface area contributed by atoms with Crippen LogP contribution in [0.1, 0.15) is 20.8 Å². The van der Waals surface area contributed by atoms with Gasteiger partial charge in [-0.2, -0.15) is 0 Å². The van der Waals surface area contributed by atoms with E-state index < -0.39 is 22.7 Å². The second-order valence-corrected chi connectivity index (χ2v) is 3.28. The molecule has 0 spiro atoms. The maximum Gasteiger partial charge on any atom is 0.257 e. The largest absolute Gasteiger partial charge is 0.388 e. The highest BCUT2D eigenvalue weighted by Gasteiger charge is 2.23. The van der Waals surface area contributed by atoms with Gasteiger partial charge in [-0.1, -0.05) is 0 Å². The first-order valence-corrected chi connectivity index (χ1v) is 3.97. The van der Waals surface area contributed by atoms with Gasteiger partial charge in [0.2, 0.25) is 0 Å². The Balaban J connectivity index is 3.97. The van der Waals surface area contributed by atoms with Gasteiger partial charge in [-0.15, -0.1) is 0 Å². The monoisotopic (exact) mass is 168 g/mol. The number of aliphatic hydroxyl groups is 1. The first-order chi connectivity index (χ1) is 4.34. The molecule has 1 unspecified atom stereocenters. The molecule has 0 rings (SSSR count). The van der Waals surface area contributed by atoms with Crippen LogP contribution in [0.2, 0.25) is 0 Å². The van der Waals surface area contributed by atoms with E-state index in [0.29, 0.717) is 0 Å². The summed E-state index contributed by atoms with van der Waals surface area (Å²) in [5.41, 5.74) is -1.12. The van der Waals surface area contributed by atoms with Crippen molar-refractivity contribution in [1.82, 2.24) is 0 Å². The SMILES string of the molecule is CC(O[SH](=O)=O)C(C)(C)O. The van der Waals surface area contributed by atoms with Gasteiger partial charge in [0.05, 0.1) is 5.60 Å². The molecule has 5 heteroatoms. The highest BCUT2D eigenvalue weighted by molar-refractivity contribution is 7.67. The molecule has 10 heavy (non-hydrogen) atoms. The lowest BCUT2D eigenvalue weighted by molar-refractivity contribution is -0.0192. The Bertz CT molecular complexity index is 159. The average molecular weight is 168 g/mol. The van der Waals surface area contributed by atoms with Crippen molar-refractivity contribution >= 4 is 11.0 Å². The molecule has 0 aromatic heterocycles. The number of rotatable bonds is 3. The van der Waals surface area contributed by atoms with Crippen molar-refractivity contribution in [3.63, 3.8) is 0 Å². The molecule has 0 aliphatic rings. The quantitative estimate of drug-likeness (QED) is 0.567. The third kappa shape index (κ3) is 3.81. The highest BCUT2D eigenvalue weighted by atomic mass is 32.2. The van der Waals surface area contributed by atoms with Gasteiger partial charge in [0, 0.05) is 0 Å². The Morgan fingerprint density at radius 1 is 1.50 bits per heavy atom. The van der Waals surface area contributed by atoms with Gasteiger partial charge in [-0.25, -0.2) is 8.42 Å². The molecule has 62 valence electrons. The topological polar surface area (TPSA) is 63.6 Å². The molecule has 0 aromatic rings. The Morgan fingerprint density at radius 3 is 2.00 bits per heavy atom. The van der Waals surface area contributed by atoms with Crippen molar-refractivity contribution in [2.45, 2.75) is 32.5 Å². The third-order valence-electron chi connectivity index (χ3n) is 1.24. The summed E-state index contributed by atoms with van der Waals surface area (Å²) in [5, 5.41) is 9.14. The Morgan fingerprint density at radius 2 is 1.90 bits per heavy atom. The van der Waals surface area contributed by atoms with E-state index in [-0.39, 0.29) is 0 Å². The van der Waals surface area contributed by atoms with Crippen LogP contribution in [0.4, 0.5) is 0 Å². The van der Waals surface area contributed by atoms with Crippen molar-refractivity contribution < 1.29 is 17.7 Å². The molecule has 0 amide bonds. The Hall–Kier alpha value is -0.130. The van der Waals surface area contributed by atoms with E-state index in [1.54, 1.807) is 0 Å². The first kappa shape index (κ1) is 9.87. The highest BCUT2D eigenvalue weighted by Crippen LogP contribution is 2.10. The zero-order valence-corrected chi connectivity index (χ0v) is 7.09. The summed E-state index contributed by atoms with van der Waals surface area (Å²) in [6.07, 6.45) is -0.700. The van der Waals surface area contributed by atoms with Crippen LogP contribution in [0.15, 0.2) is 0 Å². The van der Waals surface area contributed by atoms with E-state index in [9.17, 15) is 8.42 Å². The minimum Gasteiger partial charge on any atom is -0.388 e. The van der Waals surface area contributed by atoms with E-state index in [0.717, 1.165) is 0 Å². The molecule has 0 heterocycles. The molecule has 4 nitrogen and oxygen atoms in total. The lowest BCUT2D eigenvalue weighted by atomic mass is 10.0. The molecule has 0 bridgehead atoms. The Labute approximate surface area is 62.0 Å². The van der Waals surface area contributed by atoms with Crippen LogP contribution in [0.25, 0.3) is 0 Å². The van der Waals surface area contributed by atoms with Crippen molar-refractivity contribution in [2.75, 3.05) is 0 Å². The predicted octanol–water partition coefficient (Wildman–Crippen LogP) is -0.311. The van der Waals surface area contributed by atoms with E-state index in [1.807, 2.05) is 0 Å². The number of hydrogen-bond donors (Lipinski definition) is 2. The fraction of sp³-hybridized carbons (Fsp3) is 1.00. The third-order valence-corrected chi connectivity index (χ3v) is 1.73. The second kappa shape index (κ2) is 3.32. The van der Waals surface area contributed by atoms with Gasteiger partial charge in [0.25, 0.3) is 11.0 Å². The molecule has 0 aromatic carbocycles. The summed E-state index contributed by atoms with van der Waals surface area (Å²) in [6.45, 7) is 4.46. The van der Waals surface area contributed by atoms with Crippen molar-refractivity contribution in [3.8, 4) is 0 Å². The van der Waals surface area contributed by atoms with Crippen molar-refractivity contribution in [1.29, 1.82) is 0 Å². The van der Waals surface area contributed by atoms with Crippen LogP contribution in [0.3, 0.4) is 0 Å². The minimum atomic E-state index is -2.86. The van der Waals surface area contributed by atoms with E-state index in [1.165, 1.54) is 20.8 Å². The van der Waals surface area contributed by atoms with Crippen LogP contribution >= 0.6 is 0 Å². The molecular formula is C5H12O4S. The molecule has 0 radical (unpaired) electrons. The molecule has 0 fully saturated rings. The minimum absolute atomic E-state index is 0.700. The predicted molar refractivity (Wildman–Crippen MR) is 37.2 cm³/mol. The standard InChI is InChI=1S/C5H12O4S/c1-4(5(2,3)6)9-10(7)8/h4,6,10H,1-3H3. The maximum atomic E-state index is 9.96. The van der Waals surface area contributed by atoms with Gasteiger partial charge < -0.3 is 5.11 Å². The molecule has 1 atom stereocenters. The average Bonchev–Trinajstić information content (AvgIpc) is 1.60. The normalized spacial score (nSPS) is 15.7. The lowest BCUT2D eigenvalue weighted by Gasteiger charge is -2.22. The van der Waals surface area contributed by atoms with Gasteiger partial charge in [-0.3, -0.25) is 4.18 Å². The smallest absolute Gasteiger partial charge is 0.257 e. The summed E-state index contributed by atoms with van der Waals surface area (Å²) < 4.78 is 24.2. The summed E-state index contributed by atoms with van der Waals surface area (Å²) in [5.74, 6) is 0. The van der Waals surface area contributed by atoms with Gasteiger partial charge in [0.1, 0.15) is 6.10 Å².